The van der Waals surface area contributed by atoms with E-state index in [1.807, 2.05) is 36.4 Å². The lowest BCUT2D eigenvalue weighted by Crippen LogP contribution is -2.27. The van der Waals surface area contributed by atoms with Crippen molar-refractivity contribution in [3.63, 3.8) is 0 Å². The third-order valence-corrected chi connectivity index (χ3v) is 5.23. The number of carbonyl (C=O) groups is 1. The maximum atomic E-state index is 14.0. The molecule has 3 nitrogen and oxygen atoms in total. The van der Waals surface area contributed by atoms with Gasteiger partial charge in [0.15, 0.2) is 0 Å². The van der Waals surface area contributed by atoms with E-state index in [-0.39, 0.29) is 17.6 Å². The predicted molar refractivity (Wildman–Crippen MR) is 105 cm³/mol. The van der Waals surface area contributed by atoms with Crippen LogP contribution in [0.1, 0.15) is 12.0 Å². The second-order valence-corrected chi connectivity index (χ2v) is 7.13. The van der Waals surface area contributed by atoms with Gasteiger partial charge in [0.05, 0.1) is 0 Å². The highest BCUT2D eigenvalue weighted by Crippen LogP contribution is 2.30. The maximum Gasteiger partial charge on any atom is 0.230 e. The summed E-state index contributed by atoms with van der Waals surface area (Å²) in [5.74, 6) is -0.517. The molecule has 1 unspecified atom stereocenters. The molecule has 0 radical (unpaired) electrons. The number of rotatable bonds is 4. The Kier molecular flexibility index (Phi) is 4.90. The first-order chi connectivity index (χ1) is 13.1. The number of hydrogen-bond acceptors (Lipinski definition) is 2. The third-order valence-electron chi connectivity index (χ3n) is 4.99. The van der Waals surface area contributed by atoms with E-state index in [9.17, 15) is 9.18 Å². The highest BCUT2D eigenvalue weighted by Gasteiger charge is 2.33. The van der Waals surface area contributed by atoms with Crippen LogP contribution in [0.4, 0.5) is 10.1 Å². The average molecular weight is 381 g/mol. The SMILES string of the molecule is O=C1C(Cc2ccc(Cl)cc2F)CCN1c1ccc(-c2ccncc2)cc1. The fraction of sp³-hybridized carbons (Fsp3) is 0.182. The molecule has 0 spiro atoms. The summed E-state index contributed by atoms with van der Waals surface area (Å²) in [5, 5.41) is 0.366. The number of anilines is 1. The smallest absolute Gasteiger partial charge is 0.230 e. The quantitative estimate of drug-likeness (QED) is 0.628. The Morgan fingerprint density at radius 2 is 1.74 bits per heavy atom. The third kappa shape index (κ3) is 3.71. The number of carbonyl (C=O) groups excluding carboxylic acids is 1. The molecule has 2 aromatic carbocycles. The molecule has 1 atom stereocenters. The number of nitrogens with zero attached hydrogens (tertiary/aromatic N) is 2. The molecule has 1 fully saturated rings. The number of halogens is 2. The van der Waals surface area contributed by atoms with Crippen LogP contribution in [0.2, 0.25) is 5.02 Å². The monoisotopic (exact) mass is 380 g/mol. The van der Waals surface area contributed by atoms with Crippen LogP contribution in [0.3, 0.4) is 0 Å². The summed E-state index contributed by atoms with van der Waals surface area (Å²) >= 11 is 5.80. The molecule has 136 valence electrons. The first kappa shape index (κ1) is 17.7. The fourth-order valence-corrected chi connectivity index (χ4v) is 3.67. The Morgan fingerprint density at radius 1 is 1.04 bits per heavy atom. The lowest BCUT2D eigenvalue weighted by Gasteiger charge is -2.17. The van der Waals surface area contributed by atoms with Gasteiger partial charge in [0, 0.05) is 35.6 Å². The van der Waals surface area contributed by atoms with Gasteiger partial charge < -0.3 is 4.90 Å². The van der Waals surface area contributed by atoms with Crippen molar-refractivity contribution in [3.8, 4) is 11.1 Å². The molecule has 0 aliphatic carbocycles. The molecule has 2 heterocycles. The summed E-state index contributed by atoms with van der Waals surface area (Å²) in [6, 6.07) is 16.4. The molecule has 4 rings (SSSR count). The van der Waals surface area contributed by atoms with Gasteiger partial charge in [0.25, 0.3) is 0 Å². The van der Waals surface area contributed by atoms with Crippen molar-refractivity contribution < 1.29 is 9.18 Å². The summed E-state index contributed by atoms with van der Waals surface area (Å²) in [6.07, 6.45) is 4.63. The van der Waals surface area contributed by atoms with Crippen LogP contribution in [-0.2, 0) is 11.2 Å². The molecule has 3 aromatic rings. The van der Waals surface area contributed by atoms with Gasteiger partial charge in [0.1, 0.15) is 5.82 Å². The van der Waals surface area contributed by atoms with Crippen molar-refractivity contribution in [1.29, 1.82) is 0 Å². The van der Waals surface area contributed by atoms with Crippen LogP contribution in [0.25, 0.3) is 11.1 Å². The lowest BCUT2D eigenvalue weighted by molar-refractivity contribution is -0.120. The Balaban J connectivity index is 1.48. The van der Waals surface area contributed by atoms with Crippen LogP contribution in [0, 0.1) is 11.7 Å². The molecular formula is C22H18ClFN2O. The second kappa shape index (κ2) is 7.49. The Bertz CT molecular complexity index is 960. The number of hydrogen-bond donors (Lipinski definition) is 0. The van der Waals surface area contributed by atoms with Gasteiger partial charge in [-0.25, -0.2) is 4.39 Å². The van der Waals surface area contributed by atoms with Crippen molar-refractivity contribution in [2.45, 2.75) is 12.8 Å². The number of amides is 1. The zero-order valence-corrected chi connectivity index (χ0v) is 15.4. The van der Waals surface area contributed by atoms with Gasteiger partial charge in [-0.3, -0.25) is 9.78 Å². The van der Waals surface area contributed by atoms with Gasteiger partial charge >= 0.3 is 0 Å². The van der Waals surface area contributed by atoms with Crippen LogP contribution >= 0.6 is 11.6 Å². The summed E-state index contributed by atoms with van der Waals surface area (Å²) in [5.41, 5.74) is 3.57. The fourth-order valence-electron chi connectivity index (χ4n) is 3.52. The Labute approximate surface area is 162 Å². The molecule has 0 bridgehead atoms. The first-order valence-electron chi connectivity index (χ1n) is 8.87. The minimum absolute atomic E-state index is 0.0426. The normalized spacial score (nSPS) is 16.7. The Morgan fingerprint density at radius 3 is 2.44 bits per heavy atom. The highest BCUT2D eigenvalue weighted by molar-refractivity contribution is 6.30. The molecule has 0 saturated carbocycles. The lowest BCUT2D eigenvalue weighted by atomic mass is 9.97. The number of benzene rings is 2. The largest absolute Gasteiger partial charge is 0.312 e. The Hall–Kier alpha value is -2.72. The van der Waals surface area contributed by atoms with Crippen LogP contribution in [0.15, 0.2) is 67.0 Å². The molecule has 5 heteroatoms. The molecular weight excluding hydrogens is 363 g/mol. The van der Waals surface area contributed by atoms with Gasteiger partial charge in [0.2, 0.25) is 5.91 Å². The van der Waals surface area contributed by atoms with Crippen LogP contribution < -0.4 is 4.90 Å². The van der Waals surface area contributed by atoms with E-state index in [1.54, 1.807) is 29.4 Å². The summed E-state index contributed by atoms with van der Waals surface area (Å²) in [7, 11) is 0. The van der Waals surface area contributed by atoms with Gasteiger partial charge in [-0.1, -0.05) is 29.8 Å². The van der Waals surface area contributed by atoms with E-state index in [0.29, 0.717) is 30.0 Å². The summed E-state index contributed by atoms with van der Waals surface area (Å²) < 4.78 is 14.0. The van der Waals surface area contributed by atoms with Crippen LogP contribution in [0.5, 0.6) is 0 Å². The van der Waals surface area contributed by atoms with E-state index < -0.39 is 0 Å². The first-order valence-corrected chi connectivity index (χ1v) is 9.25. The molecule has 0 N–H and O–H groups in total. The zero-order valence-electron chi connectivity index (χ0n) is 14.6. The standard InChI is InChI=1S/C22H18ClFN2O/c23-19-4-1-17(21(24)14-19)13-18-9-12-26(22(18)27)20-5-2-15(3-6-20)16-7-10-25-11-8-16/h1-8,10-11,14,18H,9,12-13H2. The van der Waals surface area contributed by atoms with Gasteiger partial charge in [-0.2, -0.15) is 0 Å². The van der Waals surface area contributed by atoms with Crippen molar-refractivity contribution in [1.82, 2.24) is 4.98 Å². The molecule has 1 aliphatic heterocycles. The number of pyridine rings is 1. The summed E-state index contributed by atoms with van der Waals surface area (Å²) in [6.45, 7) is 0.646. The number of aromatic nitrogens is 1. The summed E-state index contributed by atoms with van der Waals surface area (Å²) in [4.78, 5) is 18.6. The molecule has 27 heavy (non-hydrogen) atoms. The molecule has 1 aromatic heterocycles. The van der Waals surface area contributed by atoms with E-state index in [0.717, 1.165) is 16.8 Å². The minimum Gasteiger partial charge on any atom is -0.312 e. The van der Waals surface area contributed by atoms with Gasteiger partial charge in [-0.15, -0.1) is 0 Å². The van der Waals surface area contributed by atoms with Crippen molar-refractivity contribution in [2.75, 3.05) is 11.4 Å². The zero-order chi connectivity index (χ0) is 18.8. The van der Waals surface area contributed by atoms with Crippen molar-refractivity contribution in [3.05, 3.63) is 83.4 Å². The second-order valence-electron chi connectivity index (χ2n) is 6.70. The van der Waals surface area contributed by atoms with E-state index in [2.05, 4.69) is 4.98 Å². The van der Waals surface area contributed by atoms with Crippen molar-refractivity contribution in [2.24, 2.45) is 5.92 Å². The van der Waals surface area contributed by atoms with Crippen molar-refractivity contribution >= 4 is 23.2 Å². The molecule has 1 amide bonds. The molecule has 1 aliphatic rings. The van der Waals surface area contributed by atoms with E-state index in [4.69, 9.17) is 11.6 Å². The van der Waals surface area contributed by atoms with Gasteiger partial charge in [-0.05, 0) is 65.9 Å². The molecule has 1 saturated heterocycles. The maximum absolute atomic E-state index is 14.0. The van der Waals surface area contributed by atoms with E-state index in [1.165, 1.54) is 6.07 Å². The van der Waals surface area contributed by atoms with E-state index >= 15 is 0 Å². The van der Waals surface area contributed by atoms with Crippen LogP contribution in [-0.4, -0.2) is 17.4 Å². The predicted octanol–water partition coefficient (Wildman–Crippen LogP) is 5.14. The minimum atomic E-state index is -0.351. The average Bonchev–Trinajstić information content (AvgIpc) is 3.05. The topological polar surface area (TPSA) is 33.2 Å². The highest BCUT2D eigenvalue weighted by atomic mass is 35.5.